The number of nitrogens with two attached hydrogens (primary N) is 1. The number of hydrogen-bond donors (Lipinski definition) is 14. The summed E-state index contributed by atoms with van der Waals surface area (Å²) in [6, 6.07) is -0.778. The second kappa shape index (κ2) is 24.0. The lowest BCUT2D eigenvalue weighted by Gasteiger charge is -2.34. The number of ether oxygens (including phenoxy) is 1. The van der Waals surface area contributed by atoms with Gasteiger partial charge < -0.3 is 87.5 Å². The molecule has 15 N–H and O–H groups in total. The fraction of sp³-hybridized carbons (Fsp3) is 0.523. The molecule has 2 aromatic carbocycles. The van der Waals surface area contributed by atoms with Gasteiger partial charge in [-0.25, -0.2) is 0 Å². The summed E-state index contributed by atoms with van der Waals surface area (Å²) in [5.41, 5.74) is 5.41. The highest BCUT2D eigenvalue weighted by Crippen LogP contribution is 2.27. The van der Waals surface area contributed by atoms with E-state index in [9.17, 15) is 79.5 Å². The predicted octanol–water partition coefficient (Wildman–Crippen LogP) is -5.44. The van der Waals surface area contributed by atoms with Gasteiger partial charge in [0.25, 0.3) is 5.91 Å². The lowest BCUT2D eigenvalue weighted by molar-refractivity contribution is -0.147. The molecule has 24 heteroatoms. The van der Waals surface area contributed by atoms with Gasteiger partial charge in [0.1, 0.15) is 66.1 Å². The van der Waals surface area contributed by atoms with Gasteiger partial charge in [-0.1, -0.05) is 25.0 Å². The molecule has 24 nitrogen and oxygen atoms in total. The molecule has 14 atom stereocenters. The molecular weight excluding hydrogens is 899 g/mol. The Morgan fingerprint density at radius 2 is 1.37 bits per heavy atom. The van der Waals surface area contributed by atoms with Crippen LogP contribution in [0.25, 0.3) is 0 Å². The molecule has 0 bridgehead atoms. The largest absolute Gasteiger partial charge is 0.508 e. The predicted molar refractivity (Wildman–Crippen MR) is 234 cm³/mol. The van der Waals surface area contributed by atoms with E-state index in [1.165, 1.54) is 43.3 Å². The maximum Gasteiger partial charge on any atom is 0.251 e. The minimum atomic E-state index is -2.29. The van der Waals surface area contributed by atoms with Crippen molar-refractivity contribution in [1.29, 1.82) is 0 Å². The van der Waals surface area contributed by atoms with Crippen molar-refractivity contribution < 1.29 is 84.3 Å². The molecule has 7 amide bonds. The van der Waals surface area contributed by atoms with Crippen LogP contribution < -0.4 is 31.7 Å². The summed E-state index contributed by atoms with van der Waals surface area (Å²) >= 11 is 0. The monoisotopic (exact) mass is 957 g/mol. The van der Waals surface area contributed by atoms with Crippen molar-refractivity contribution in [3.05, 3.63) is 59.7 Å². The Morgan fingerprint density at radius 3 is 1.91 bits per heavy atom. The van der Waals surface area contributed by atoms with Crippen LogP contribution >= 0.6 is 0 Å². The van der Waals surface area contributed by atoms with Crippen molar-refractivity contribution >= 4 is 41.4 Å². The van der Waals surface area contributed by atoms with Crippen LogP contribution in [-0.2, 0) is 28.8 Å². The molecule has 68 heavy (non-hydrogen) atoms. The SMILES string of the molecule is CC#COc1ccc(C(=O)N[C@@H](C[C@@H](O)CO)C(=O)N[C@H](C(=O)N2C[C@H](O)C[C@H]2C(=O)N[C@H](C(=O)N[C@H](C(=O)N2C[C@H](C)[C@H](O)[C@H]2C(N)=O)C(C)O)[C@H](O)[C@@H](O)c2ccc(O)cc2)C(C)O)cc1. The molecule has 2 unspecified atom stereocenters. The van der Waals surface area contributed by atoms with Crippen LogP contribution in [0.2, 0.25) is 0 Å². The Bertz CT molecular complexity index is 2180. The number of phenols is 1. The number of carbonyl (C=O) groups excluding carboxylic acids is 7. The Hall–Kier alpha value is -6.43. The molecule has 0 radical (unpaired) electrons. The summed E-state index contributed by atoms with van der Waals surface area (Å²) in [7, 11) is 0. The topological polar surface area (TPSA) is 391 Å². The third kappa shape index (κ3) is 13.4. The first-order valence-corrected chi connectivity index (χ1v) is 21.5. The fourth-order valence-electron chi connectivity index (χ4n) is 7.72. The van der Waals surface area contributed by atoms with E-state index < -0.39 is 152 Å². The number of nitrogens with one attached hydrogen (secondary N) is 4. The number of phenolic OH excluding ortho intramolecular Hbond substituents is 1. The van der Waals surface area contributed by atoms with Crippen molar-refractivity contribution in [2.45, 2.75) is 120 Å². The molecule has 2 aliphatic rings. The van der Waals surface area contributed by atoms with E-state index in [0.29, 0.717) is 5.75 Å². The number of hydrogen-bond acceptors (Lipinski definition) is 17. The number of β-amino-alcohol motifs (C(OH)–C–C–N with tert-alkyl or cyclic N) is 1. The van der Waals surface area contributed by atoms with E-state index >= 15 is 0 Å². The van der Waals surface area contributed by atoms with Crippen LogP contribution in [0.1, 0.15) is 62.6 Å². The zero-order chi connectivity index (χ0) is 50.7. The lowest BCUT2D eigenvalue weighted by atomic mass is 9.96. The number of aromatic hydroxyl groups is 1. The molecule has 2 aliphatic heterocycles. The molecule has 0 saturated carbocycles. The quantitative estimate of drug-likeness (QED) is 0.0551. The van der Waals surface area contributed by atoms with Gasteiger partial charge in [-0.15, -0.1) is 0 Å². The number of amides is 7. The molecule has 372 valence electrons. The molecule has 2 aromatic rings. The number of nitrogens with zero attached hydrogens (tertiary/aromatic N) is 2. The smallest absolute Gasteiger partial charge is 0.251 e. The molecule has 4 rings (SSSR count). The number of rotatable bonds is 20. The van der Waals surface area contributed by atoms with Gasteiger partial charge in [-0.3, -0.25) is 33.6 Å². The third-order valence-corrected chi connectivity index (χ3v) is 11.5. The molecule has 0 aliphatic carbocycles. The zero-order valence-corrected chi connectivity index (χ0v) is 37.5. The molecule has 2 heterocycles. The molecule has 2 saturated heterocycles. The minimum absolute atomic E-state index is 0.0274. The van der Waals surface area contributed by atoms with E-state index in [0.717, 1.165) is 35.8 Å². The van der Waals surface area contributed by atoms with E-state index in [1.54, 1.807) is 6.92 Å². The Balaban J connectivity index is 1.61. The lowest BCUT2D eigenvalue weighted by Crippen LogP contribution is -2.64. The maximum atomic E-state index is 14.2. The summed E-state index contributed by atoms with van der Waals surface area (Å²) in [6.07, 6.45) is -10.8. The first-order valence-electron chi connectivity index (χ1n) is 21.5. The van der Waals surface area contributed by atoms with E-state index in [-0.39, 0.29) is 23.4 Å². The van der Waals surface area contributed by atoms with Crippen molar-refractivity contribution in [2.75, 3.05) is 19.7 Å². The average Bonchev–Trinajstić information content (AvgIpc) is 3.85. The zero-order valence-electron chi connectivity index (χ0n) is 37.5. The van der Waals surface area contributed by atoms with Crippen LogP contribution in [0.3, 0.4) is 0 Å². The minimum Gasteiger partial charge on any atom is -0.508 e. The number of benzene rings is 2. The second-order valence-electron chi connectivity index (χ2n) is 16.7. The van der Waals surface area contributed by atoms with Crippen molar-refractivity contribution in [3.63, 3.8) is 0 Å². The molecule has 0 spiro atoms. The van der Waals surface area contributed by atoms with Gasteiger partial charge in [0.2, 0.25) is 35.4 Å². The van der Waals surface area contributed by atoms with E-state index in [2.05, 4.69) is 33.3 Å². The average molecular weight is 958 g/mol. The van der Waals surface area contributed by atoms with E-state index in [1.807, 2.05) is 0 Å². The van der Waals surface area contributed by atoms with Gasteiger partial charge in [-0.05, 0) is 55.8 Å². The summed E-state index contributed by atoms with van der Waals surface area (Å²) in [5.74, 6) is -6.01. The Morgan fingerprint density at radius 1 is 0.794 bits per heavy atom. The van der Waals surface area contributed by atoms with Gasteiger partial charge in [-0.2, -0.15) is 0 Å². The Kier molecular flexibility index (Phi) is 19.1. The number of likely N-dealkylation sites (tertiary alicyclic amines) is 2. The summed E-state index contributed by atoms with van der Waals surface area (Å²) in [4.78, 5) is 97.2. The summed E-state index contributed by atoms with van der Waals surface area (Å²) in [5, 5.41) is 104. The standard InChI is InChI=1S/C44H59N7O17/c1-5-14-68-28-12-8-24(9-13-28)39(62)46-29(15-27(57)19-52)40(63)47-31(21(3)53)43(66)50-18-26(56)16-30(50)41(64)49-33(37(60)36(59)23-6-10-25(55)11-7-23)42(65)48-32(22(4)54)44(67)51-17-20(2)35(58)34(51)38(45)61/h6-13,20-22,26-27,29-37,52-60H,15-19H2,1-4H3,(H2,45,61)(H,46,62)(H,47,63)(H,48,65)(H,49,64)/t20-,21?,22?,26+,27+,29-,30-,31-,32-,33-,34-,35-,36-,37-/m0/s1. The maximum absolute atomic E-state index is 14.2. The molecule has 2 fully saturated rings. The van der Waals surface area contributed by atoms with Crippen LogP contribution in [0.15, 0.2) is 48.5 Å². The third-order valence-electron chi connectivity index (χ3n) is 11.5. The van der Waals surface area contributed by atoms with Crippen molar-refractivity contribution in [3.8, 4) is 23.5 Å². The highest BCUT2D eigenvalue weighted by molar-refractivity contribution is 6.00. The Labute approximate surface area is 390 Å². The number of aliphatic hydroxyl groups is 8. The van der Waals surface area contributed by atoms with Gasteiger partial charge >= 0.3 is 0 Å². The van der Waals surface area contributed by atoms with Crippen molar-refractivity contribution in [1.82, 2.24) is 31.1 Å². The van der Waals surface area contributed by atoms with Crippen molar-refractivity contribution in [2.24, 2.45) is 11.7 Å². The highest BCUT2D eigenvalue weighted by Gasteiger charge is 2.49. The van der Waals surface area contributed by atoms with Gasteiger partial charge in [0, 0.05) is 44.3 Å². The van der Waals surface area contributed by atoms with Crippen LogP contribution in [-0.4, -0.2) is 190 Å². The highest BCUT2D eigenvalue weighted by atomic mass is 16.5. The number of carbonyl (C=O) groups is 7. The normalized spacial score (nSPS) is 22.9. The summed E-state index contributed by atoms with van der Waals surface area (Å²) in [6.45, 7) is 3.62. The number of aliphatic hydroxyl groups excluding tert-OH is 8. The van der Waals surface area contributed by atoms with Gasteiger partial charge in [0.05, 0.1) is 37.1 Å². The summed E-state index contributed by atoms with van der Waals surface area (Å²) < 4.78 is 5.16. The first-order chi connectivity index (χ1) is 32.0. The van der Waals surface area contributed by atoms with Crippen LogP contribution in [0, 0.1) is 17.9 Å². The van der Waals surface area contributed by atoms with Crippen LogP contribution in [0.5, 0.6) is 11.5 Å². The molecular formula is C44H59N7O17. The van der Waals surface area contributed by atoms with E-state index in [4.69, 9.17) is 10.5 Å². The van der Waals surface area contributed by atoms with Crippen LogP contribution in [0.4, 0.5) is 0 Å². The van der Waals surface area contributed by atoms with Gasteiger partial charge in [0.15, 0.2) is 0 Å². The number of primary amides is 1. The first kappa shape index (κ1) is 54.2. The second-order valence-corrected chi connectivity index (χ2v) is 16.7. The fourth-order valence-corrected chi connectivity index (χ4v) is 7.72. The molecule has 0 aromatic heterocycles.